The molecule has 0 aliphatic carbocycles. The van der Waals surface area contributed by atoms with Crippen LogP contribution in [0.25, 0.3) is 0 Å². The van der Waals surface area contributed by atoms with Crippen LogP contribution >= 0.6 is 0 Å². The van der Waals surface area contributed by atoms with Gasteiger partial charge in [0, 0.05) is 32.5 Å². The normalized spacial score (nSPS) is 14.1. The average Bonchev–Trinajstić information content (AvgIpc) is 3.20. The molecule has 0 spiro atoms. The van der Waals surface area contributed by atoms with Gasteiger partial charge in [-0.15, -0.1) is 0 Å². The minimum absolute atomic E-state index is 0.0813. The molecule has 1 fully saturated rings. The molecule has 7 nitrogen and oxygen atoms in total. The number of hydrogen-bond acceptors (Lipinski definition) is 7. The molecule has 0 radical (unpaired) electrons. The van der Waals surface area contributed by atoms with E-state index in [0.29, 0.717) is 45.1 Å². The van der Waals surface area contributed by atoms with Gasteiger partial charge in [-0.3, -0.25) is 14.5 Å². The van der Waals surface area contributed by atoms with Crippen molar-refractivity contribution < 1.29 is 19.1 Å². The third kappa shape index (κ3) is 35.5. The topological polar surface area (TPSA) is 85.1 Å². The number of hydrogen-bond donors (Lipinski definition) is 1. The van der Waals surface area contributed by atoms with E-state index in [2.05, 4.69) is 48.0 Å². The Morgan fingerprint density at radius 3 is 1.32 bits per heavy atom. The molecule has 0 aromatic carbocycles. The number of esters is 2. The van der Waals surface area contributed by atoms with Crippen LogP contribution in [-0.2, 0) is 19.1 Å². The molecule has 1 heterocycles. The zero-order chi connectivity index (χ0) is 40.4. The number of unbranched alkanes of at least 4 members (excludes halogenated alkanes) is 22. The third-order valence-electron chi connectivity index (χ3n) is 11.5. The summed E-state index contributed by atoms with van der Waals surface area (Å²) in [7, 11) is 0. The van der Waals surface area contributed by atoms with Crippen molar-refractivity contribution in [3.8, 4) is 0 Å². The first-order chi connectivity index (χ1) is 27.6. The van der Waals surface area contributed by atoms with E-state index in [1.807, 2.05) is 0 Å². The molecule has 0 aromatic heterocycles. The van der Waals surface area contributed by atoms with Crippen molar-refractivity contribution in [2.75, 3.05) is 59.0 Å². The van der Waals surface area contributed by atoms with E-state index in [1.54, 1.807) is 0 Å². The highest BCUT2D eigenvalue weighted by atomic mass is 16.5. The van der Waals surface area contributed by atoms with Gasteiger partial charge in [-0.05, 0) is 116 Å². The predicted molar refractivity (Wildman–Crippen MR) is 240 cm³/mol. The van der Waals surface area contributed by atoms with Crippen molar-refractivity contribution in [1.29, 1.82) is 0 Å². The van der Waals surface area contributed by atoms with Gasteiger partial charge in [0.1, 0.15) is 13.2 Å². The second kappa shape index (κ2) is 41.5. The lowest BCUT2D eigenvalue weighted by molar-refractivity contribution is -0.144. The molecule has 328 valence electrons. The van der Waals surface area contributed by atoms with Crippen LogP contribution in [0.5, 0.6) is 0 Å². The maximum atomic E-state index is 12.5. The van der Waals surface area contributed by atoms with Crippen molar-refractivity contribution in [3.05, 3.63) is 24.3 Å². The monoisotopic (exact) mass is 788 g/mol. The molecule has 0 aromatic rings. The van der Waals surface area contributed by atoms with Crippen LogP contribution in [0.3, 0.4) is 0 Å². The van der Waals surface area contributed by atoms with Gasteiger partial charge in [-0.25, -0.2) is 0 Å². The molecule has 1 rings (SSSR count). The smallest absolute Gasteiger partial charge is 0.305 e. The van der Waals surface area contributed by atoms with Gasteiger partial charge in [0.2, 0.25) is 0 Å². The van der Waals surface area contributed by atoms with E-state index in [9.17, 15) is 9.59 Å². The first kappa shape index (κ1) is 52.3. The summed E-state index contributed by atoms with van der Waals surface area (Å²) >= 11 is 0. The number of likely N-dealkylation sites (tertiary alicyclic amines) is 1. The highest BCUT2D eigenvalue weighted by Crippen LogP contribution is 2.19. The number of nitrogens with zero attached hydrogens (tertiary/aromatic N) is 2. The fourth-order valence-corrected chi connectivity index (χ4v) is 7.77. The number of allylic oxidation sites excluding steroid dienone is 4. The van der Waals surface area contributed by atoms with Crippen LogP contribution in [0.4, 0.5) is 0 Å². The largest absolute Gasteiger partial charge is 0.464 e. The molecule has 0 unspecified atom stereocenters. The summed E-state index contributed by atoms with van der Waals surface area (Å²) in [4.78, 5) is 29.9. The standard InChI is InChI=1S/C49H93N3O4/c1-3-5-7-9-11-13-15-17-19-21-23-25-27-29-31-34-48(53)55-44-42-52(46-47-36-40-51(41-37-47)39-33-38-50)43-45-56-49(54)35-32-30-28-26-24-22-20-18-16-14-12-10-8-6-4-2/h17-20,47H,3-16,21-46,50H2,1-2H3/b19-17-,20-18-. The Kier molecular flexibility index (Phi) is 38.7. The van der Waals surface area contributed by atoms with E-state index >= 15 is 0 Å². The summed E-state index contributed by atoms with van der Waals surface area (Å²) in [5.74, 6) is 0.450. The predicted octanol–water partition coefficient (Wildman–Crippen LogP) is 12.5. The van der Waals surface area contributed by atoms with Crippen molar-refractivity contribution in [2.24, 2.45) is 11.7 Å². The van der Waals surface area contributed by atoms with E-state index < -0.39 is 0 Å². The maximum Gasteiger partial charge on any atom is 0.305 e. The maximum absolute atomic E-state index is 12.5. The Morgan fingerprint density at radius 1 is 0.554 bits per heavy atom. The van der Waals surface area contributed by atoms with Crippen LogP contribution in [0.1, 0.15) is 213 Å². The van der Waals surface area contributed by atoms with Gasteiger partial charge in [0.25, 0.3) is 0 Å². The number of rotatable bonds is 41. The van der Waals surface area contributed by atoms with Crippen LogP contribution in [0.2, 0.25) is 0 Å². The van der Waals surface area contributed by atoms with Crippen molar-refractivity contribution in [1.82, 2.24) is 9.80 Å². The summed E-state index contributed by atoms with van der Waals surface area (Å²) in [5.41, 5.74) is 5.73. The van der Waals surface area contributed by atoms with Crippen LogP contribution in [0.15, 0.2) is 24.3 Å². The van der Waals surface area contributed by atoms with Gasteiger partial charge in [-0.2, -0.15) is 0 Å². The highest BCUT2D eigenvalue weighted by Gasteiger charge is 2.21. The number of nitrogens with two attached hydrogens (primary N) is 1. The lowest BCUT2D eigenvalue weighted by Crippen LogP contribution is -2.41. The van der Waals surface area contributed by atoms with Gasteiger partial charge < -0.3 is 20.1 Å². The summed E-state index contributed by atoms with van der Waals surface area (Å²) in [6.45, 7) is 11.8. The average molecular weight is 788 g/mol. The summed E-state index contributed by atoms with van der Waals surface area (Å²) in [6, 6.07) is 0. The van der Waals surface area contributed by atoms with Gasteiger partial charge >= 0.3 is 11.9 Å². The van der Waals surface area contributed by atoms with E-state index in [4.69, 9.17) is 15.2 Å². The van der Waals surface area contributed by atoms with Crippen molar-refractivity contribution in [2.45, 2.75) is 213 Å². The van der Waals surface area contributed by atoms with Gasteiger partial charge in [-0.1, -0.05) is 141 Å². The molecule has 0 bridgehead atoms. The minimum Gasteiger partial charge on any atom is -0.464 e. The van der Waals surface area contributed by atoms with E-state index in [0.717, 1.165) is 64.8 Å². The lowest BCUT2D eigenvalue weighted by Gasteiger charge is -2.34. The summed E-state index contributed by atoms with van der Waals surface area (Å²) in [5, 5.41) is 0. The molecule has 1 aliphatic rings. The Balaban J connectivity index is 2.20. The molecule has 1 saturated heterocycles. The lowest BCUT2D eigenvalue weighted by atomic mass is 9.96. The summed E-state index contributed by atoms with van der Waals surface area (Å²) in [6.07, 6.45) is 46.4. The summed E-state index contributed by atoms with van der Waals surface area (Å²) < 4.78 is 11.4. The molecule has 1 aliphatic heterocycles. The molecule has 0 atom stereocenters. The van der Waals surface area contributed by atoms with E-state index in [-0.39, 0.29) is 11.9 Å². The Hall–Kier alpha value is -1.70. The number of carbonyl (C=O) groups excluding carboxylic acids is 2. The second-order valence-electron chi connectivity index (χ2n) is 16.8. The first-order valence-corrected chi connectivity index (χ1v) is 24.3. The molecule has 0 amide bonds. The zero-order valence-electron chi connectivity index (χ0n) is 37.3. The number of piperidine rings is 1. The SMILES string of the molecule is CCCCCCCC/C=C\CCCCCCCC(=O)OCCN(CCOC(=O)CCCCCCC/C=C\CCCCCCCC)CC1CCN(CCCN)CC1. The van der Waals surface area contributed by atoms with Crippen LogP contribution < -0.4 is 5.73 Å². The fraction of sp³-hybridized carbons (Fsp3) is 0.878. The highest BCUT2D eigenvalue weighted by molar-refractivity contribution is 5.69. The number of carbonyl (C=O) groups is 2. The molecule has 2 N–H and O–H groups in total. The van der Waals surface area contributed by atoms with Crippen LogP contribution in [-0.4, -0.2) is 80.8 Å². The van der Waals surface area contributed by atoms with Crippen molar-refractivity contribution in [3.63, 3.8) is 0 Å². The fourth-order valence-electron chi connectivity index (χ4n) is 7.77. The quantitative estimate of drug-likeness (QED) is 0.0375. The third-order valence-corrected chi connectivity index (χ3v) is 11.5. The Bertz CT molecular complexity index is 859. The minimum atomic E-state index is -0.0813. The second-order valence-corrected chi connectivity index (χ2v) is 16.8. The van der Waals surface area contributed by atoms with Crippen LogP contribution in [0, 0.1) is 5.92 Å². The zero-order valence-corrected chi connectivity index (χ0v) is 37.3. The molecular weight excluding hydrogens is 695 g/mol. The molecular formula is C49H93N3O4. The van der Waals surface area contributed by atoms with Gasteiger partial charge in [0.05, 0.1) is 0 Å². The Morgan fingerprint density at radius 2 is 0.929 bits per heavy atom. The van der Waals surface area contributed by atoms with Crippen molar-refractivity contribution >= 4 is 11.9 Å². The first-order valence-electron chi connectivity index (χ1n) is 24.3. The molecule has 7 heteroatoms. The number of ether oxygens (including phenoxy) is 2. The van der Waals surface area contributed by atoms with Gasteiger partial charge in [0.15, 0.2) is 0 Å². The molecule has 56 heavy (non-hydrogen) atoms. The Labute approximate surface area is 347 Å². The van der Waals surface area contributed by atoms with E-state index in [1.165, 1.54) is 154 Å². The molecule has 0 saturated carbocycles.